The van der Waals surface area contributed by atoms with Crippen LogP contribution in [-0.2, 0) is 19.1 Å². The van der Waals surface area contributed by atoms with E-state index < -0.39 is 11.1 Å². The van der Waals surface area contributed by atoms with Crippen molar-refractivity contribution in [1.82, 2.24) is 10.1 Å². The fourth-order valence-corrected chi connectivity index (χ4v) is 8.56. The molecule has 0 aromatic heterocycles. The maximum absolute atomic E-state index is 12.9. The minimum absolute atomic E-state index is 0.0232. The number of hydrogen-bond acceptors (Lipinski definition) is 8. The summed E-state index contributed by atoms with van der Waals surface area (Å²) < 4.78 is 11.6. The molecular formula is C32H56N2O6. The van der Waals surface area contributed by atoms with Crippen molar-refractivity contribution >= 4 is 11.9 Å². The van der Waals surface area contributed by atoms with Crippen LogP contribution in [0, 0.1) is 35.5 Å². The molecule has 2 N–H and O–H groups in total. The molecule has 0 bridgehead atoms. The predicted molar refractivity (Wildman–Crippen MR) is 153 cm³/mol. The second-order valence-corrected chi connectivity index (χ2v) is 15.8. The van der Waals surface area contributed by atoms with Crippen LogP contribution in [0.4, 0.5) is 0 Å². The van der Waals surface area contributed by atoms with E-state index in [0.717, 1.165) is 64.2 Å². The van der Waals surface area contributed by atoms with Gasteiger partial charge < -0.3 is 19.9 Å². The molecule has 2 aliphatic heterocycles. The molecule has 2 atom stereocenters. The van der Waals surface area contributed by atoms with E-state index in [0.29, 0.717) is 25.0 Å². The maximum Gasteiger partial charge on any atom is 0.308 e. The van der Waals surface area contributed by atoms with Crippen LogP contribution in [0.1, 0.15) is 120 Å². The first-order valence-electron chi connectivity index (χ1n) is 15.8. The van der Waals surface area contributed by atoms with Gasteiger partial charge in [-0.3, -0.25) is 9.59 Å². The third-order valence-corrected chi connectivity index (χ3v) is 11.5. The number of ether oxygens (including phenoxy) is 2. The number of hydrogen-bond donors (Lipinski definition) is 2. The second kappa shape index (κ2) is 11.5. The Hall–Kier alpha value is -1.22. The standard InChI is InChI=1S/C32H56N2O6/c1-29(2)17-25(31(5,6)33(29)37)19-39-27(35)23-13-9-21(10-14-23)22-11-15-24(16-12-22)28(36)40-20-26-18-30(3,4)34(38)32(26,7)8/h21-26,37-38H,9-20H2,1-8H3. The van der Waals surface area contributed by atoms with E-state index in [-0.39, 0.29) is 46.7 Å². The van der Waals surface area contributed by atoms with E-state index in [9.17, 15) is 20.0 Å². The summed E-state index contributed by atoms with van der Waals surface area (Å²) in [6.45, 7) is 16.9. The summed E-state index contributed by atoms with van der Waals surface area (Å²) in [7, 11) is 0. The monoisotopic (exact) mass is 564 g/mol. The second-order valence-electron chi connectivity index (χ2n) is 15.8. The zero-order valence-corrected chi connectivity index (χ0v) is 26.4. The molecule has 4 fully saturated rings. The van der Waals surface area contributed by atoms with Crippen LogP contribution in [0.25, 0.3) is 0 Å². The quantitative estimate of drug-likeness (QED) is 0.352. The highest BCUT2D eigenvalue weighted by molar-refractivity contribution is 5.73. The smallest absolute Gasteiger partial charge is 0.308 e. The summed E-state index contributed by atoms with van der Waals surface area (Å²) in [6, 6.07) is 0. The molecule has 2 saturated heterocycles. The highest BCUT2D eigenvalue weighted by Gasteiger charge is 2.53. The van der Waals surface area contributed by atoms with Crippen LogP contribution >= 0.6 is 0 Å². The van der Waals surface area contributed by atoms with Crippen LogP contribution in [0.3, 0.4) is 0 Å². The fourth-order valence-electron chi connectivity index (χ4n) is 8.56. The Bertz CT molecular complexity index is 840. The van der Waals surface area contributed by atoms with Crippen LogP contribution in [0.2, 0.25) is 0 Å². The van der Waals surface area contributed by atoms with Crippen molar-refractivity contribution in [2.45, 2.75) is 142 Å². The van der Waals surface area contributed by atoms with Crippen molar-refractivity contribution in [3.8, 4) is 0 Å². The molecule has 4 rings (SSSR count). The molecule has 40 heavy (non-hydrogen) atoms. The van der Waals surface area contributed by atoms with E-state index in [1.807, 2.05) is 55.4 Å². The first-order chi connectivity index (χ1) is 18.5. The number of rotatable bonds is 7. The van der Waals surface area contributed by atoms with Gasteiger partial charge >= 0.3 is 11.9 Å². The minimum Gasteiger partial charge on any atom is -0.465 e. The number of carbonyl (C=O) groups excluding carboxylic acids is 2. The van der Waals surface area contributed by atoms with Crippen LogP contribution < -0.4 is 0 Å². The lowest BCUT2D eigenvalue weighted by atomic mass is 9.69. The van der Waals surface area contributed by atoms with Gasteiger partial charge in [-0.15, -0.1) is 0 Å². The molecular weight excluding hydrogens is 508 g/mol. The summed E-state index contributed by atoms with van der Waals surface area (Å²) in [6.07, 6.45) is 9.33. The third kappa shape index (κ3) is 6.25. The lowest BCUT2D eigenvalue weighted by molar-refractivity contribution is -0.199. The van der Waals surface area contributed by atoms with Crippen molar-refractivity contribution in [2.75, 3.05) is 13.2 Å². The summed E-state index contributed by atoms with van der Waals surface area (Å²) in [4.78, 5) is 25.8. The van der Waals surface area contributed by atoms with Gasteiger partial charge in [0.2, 0.25) is 0 Å². The topological polar surface area (TPSA) is 99.5 Å². The van der Waals surface area contributed by atoms with Crippen LogP contribution in [0.15, 0.2) is 0 Å². The minimum atomic E-state index is -0.419. The normalized spacial score (nSPS) is 37.2. The lowest BCUT2D eigenvalue weighted by Gasteiger charge is -2.37. The Balaban J connectivity index is 1.16. The summed E-state index contributed by atoms with van der Waals surface area (Å²) >= 11 is 0. The maximum atomic E-state index is 12.9. The van der Waals surface area contributed by atoms with Gasteiger partial charge in [-0.1, -0.05) is 0 Å². The number of nitrogens with zero attached hydrogens (tertiary/aromatic N) is 2. The molecule has 2 heterocycles. The Labute approximate surface area is 242 Å². The van der Waals surface area contributed by atoms with Gasteiger partial charge in [0.25, 0.3) is 0 Å². The molecule has 0 spiro atoms. The number of esters is 2. The Morgan fingerprint density at radius 2 is 0.900 bits per heavy atom. The van der Waals surface area contributed by atoms with E-state index in [2.05, 4.69) is 0 Å². The van der Waals surface area contributed by atoms with Gasteiger partial charge in [0.05, 0.1) is 25.0 Å². The zero-order chi connectivity index (χ0) is 29.7. The van der Waals surface area contributed by atoms with Crippen molar-refractivity contribution < 1.29 is 29.5 Å². The van der Waals surface area contributed by atoms with Gasteiger partial charge in [-0.2, -0.15) is 10.1 Å². The van der Waals surface area contributed by atoms with E-state index in [4.69, 9.17) is 9.47 Å². The molecule has 8 heteroatoms. The van der Waals surface area contributed by atoms with Crippen molar-refractivity contribution in [1.29, 1.82) is 0 Å². The average molecular weight is 565 g/mol. The Morgan fingerprint density at radius 1 is 0.600 bits per heavy atom. The van der Waals surface area contributed by atoms with E-state index in [1.54, 1.807) is 0 Å². The summed E-state index contributed by atoms with van der Waals surface area (Å²) in [5.41, 5.74) is -1.48. The molecule has 0 amide bonds. The number of carbonyl (C=O) groups is 2. The summed E-state index contributed by atoms with van der Waals surface area (Å²) in [5, 5.41) is 23.9. The first-order valence-corrected chi connectivity index (χ1v) is 15.8. The van der Waals surface area contributed by atoms with Gasteiger partial charge in [-0.05, 0) is 131 Å². The molecule has 0 radical (unpaired) electrons. The Kier molecular flexibility index (Phi) is 9.09. The molecule has 2 saturated carbocycles. The van der Waals surface area contributed by atoms with E-state index >= 15 is 0 Å². The van der Waals surface area contributed by atoms with Crippen LogP contribution in [0.5, 0.6) is 0 Å². The highest BCUT2D eigenvalue weighted by Crippen LogP contribution is 2.46. The largest absolute Gasteiger partial charge is 0.465 e. The highest BCUT2D eigenvalue weighted by atomic mass is 16.5. The number of hydroxylamine groups is 4. The molecule has 230 valence electrons. The Morgan fingerprint density at radius 3 is 1.15 bits per heavy atom. The van der Waals surface area contributed by atoms with Crippen LogP contribution in [-0.4, -0.2) is 67.8 Å². The van der Waals surface area contributed by atoms with Crippen molar-refractivity contribution in [3.05, 3.63) is 0 Å². The van der Waals surface area contributed by atoms with Crippen molar-refractivity contribution in [2.24, 2.45) is 35.5 Å². The molecule has 8 nitrogen and oxygen atoms in total. The SMILES string of the molecule is CC1(C)CC(COC(=O)C2CCC(C3CCC(C(=O)OCC4CC(C)(C)N(O)C4(C)C)CC3)CC2)C(C)(C)N1O. The van der Waals surface area contributed by atoms with Gasteiger partial charge in [-0.25, -0.2) is 0 Å². The lowest BCUT2D eigenvalue weighted by Crippen LogP contribution is -2.48. The summed E-state index contributed by atoms with van der Waals surface area (Å²) in [5.74, 6) is 1.26. The first kappa shape index (κ1) is 31.7. The average Bonchev–Trinajstić information content (AvgIpc) is 3.17. The molecule has 0 aromatic rings. The van der Waals surface area contributed by atoms with Gasteiger partial charge in [0.15, 0.2) is 0 Å². The van der Waals surface area contributed by atoms with Gasteiger partial charge in [0.1, 0.15) is 0 Å². The molecule has 0 aromatic carbocycles. The third-order valence-electron chi connectivity index (χ3n) is 11.5. The predicted octanol–water partition coefficient (Wildman–Crippen LogP) is 6.22. The molecule has 4 aliphatic rings. The molecule has 2 unspecified atom stereocenters. The molecule has 2 aliphatic carbocycles. The van der Waals surface area contributed by atoms with Gasteiger partial charge in [0, 0.05) is 34.0 Å². The fraction of sp³-hybridized carbons (Fsp3) is 0.938. The zero-order valence-electron chi connectivity index (χ0n) is 26.4. The van der Waals surface area contributed by atoms with Crippen molar-refractivity contribution in [3.63, 3.8) is 0 Å². The van der Waals surface area contributed by atoms with E-state index in [1.165, 1.54) is 10.1 Å².